The zero-order valence-electron chi connectivity index (χ0n) is 14.9. The number of sulfone groups is 1. The molecule has 1 fully saturated rings. The maximum Gasteiger partial charge on any atom is 0.161 e. The monoisotopic (exact) mass is 429 g/mol. The Hall–Kier alpha value is -1.47. The van der Waals surface area contributed by atoms with Crippen molar-refractivity contribution in [1.29, 1.82) is 0 Å². The Kier molecular flexibility index (Phi) is 6.52. The van der Waals surface area contributed by atoms with Crippen LogP contribution in [0.3, 0.4) is 0 Å². The van der Waals surface area contributed by atoms with Gasteiger partial charge in [0.2, 0.25) is 0 Å². The summed E-state index contributed by atoms with van der Waals surface area (Å²) in [5, 5.41) is 4.42. The summed E-state index contributed by atoms with van der Waals surface area (Å²) in [6.45, 7) is 0.865. The zero-order chi connectivity index (χ0) is 19.4. The predicted molar refractivity (Wildman–Crippen MR) is 108 cm³/mol. The first-order valence-electron chi connectivity index (χ1n) is 8.54. The number of halogens is 2. The summed E-state index contributed by atoms with van der Waals surface area (Å²) in [4.78, 5) is 0. The molecule has 1 heterocycles. The first kappa shape index (κ1) is 20.3. The van der Waals surface area contributed by atoms with Crippen LogP contribution in [0.5, 0.6) is 11.5 Å². The number of methoxy groups -OCH3 is 1. The summed E-state index contributed by atoms with van der Waals surface area (Å²) in [5.41, 5.74) is 1.82. The summed E-state index contributed by atoms with van der Waals surface area (Å²) in [6.07, 6.45) is 0.655. The van der Waals surface area contributed by atoms with Gasteiger partial charge < -0.3 is 14.8 Å². The fourth-order valence-electron chi connectivity index (χ4n) is 2.95. The van der Waals surface area contributed by atoms with Gasteiger partial charge in [-0.25, -0.2) is 8.42 Å². The molecule has 1 saturated heterocycles. The van der Waals surface area contributed by atoms with Crippen LogP contribution in [-0.2, 0) is 23.0 Å². The molecular weight excluding hydrogens is 409 g/mol. The molecule has 0 aromatic heterocycles. The van der Waals surface area contributed by atoms with Gasteiger partial charge in [-0.05, 0) is 36.2 Å². The number of nitrogens with one attached hydrogen (secondary N) is 1. The minimum absolute atomic E-state index is 0.00367. The second kappa shape index (κ2) is 8.69. The van der Waals surface area contributed by atoms with E-state index in [-0.39, 0.29) is 17.5 Å². The van der Waals surface area contributed by atoms with E-state index >= 15 is 0 Å². The number of benzene rings is 2. The van der Waals surface area contributed by atoms with E-state index in [0.717, 1.165) is 11.1 Å². The Labute approximate surface area is 169 Å². The van der Waals surface area contributed by atoms with E-state index in [1.165, 1.54) is 0 Å². The standard InChI is InChI=1S/C19H21Cl2NO4S/c1-25-19-8-13(10-22-16-6-7-27(23,24)12-16)2-5-18(19)26-11-14-3-4-15(20)9-17(14)21/h2-5,8-9,16,22H,6-7,10-12H2,1H3. The fraction of sp³-hybridized carbons (Fsp3) is 0.368. The smallest absolute Gasteiger partial charge is 0.161 e. The normalized spacial score (nSPS) is 18.4. The SMILES string of the molecule is COc1cc(CNC2CCS(=O)(=O)C2)ccc1OCc1ccc(Cl)cc1Cl. The van der Waals surface area contributed by atoms with E-state index in [9.17, 15) is 8.42 Å². The summed E-state index contributed by atoms with van der Waals surface area (Å²) < 4.78 is 34.3. The van der Waals surface area contributed by atoms with Gasteiger partial charge in [-0.2, -0.15) is 0 Å². The molecule has 146 valence electrons. The van der Waals surface area contributed by atoms with Crippen LogP contribution in [0.15, 0.2) is 36.4 Å². The Morgan fingerprint density at radius 1 is 1.15 bits per heavy atom. The number of hydrogen-bond acceptors (Lipinski definition) is 5. The lowest BCUT2D eigenvalue weighted by Crippen LogP contribution is -2.29. The van der Waals surface area contributed by atoms with Crippen molar-refractivity contribution in [3.8, 4) is 11.5 Å². The van der Waals surface area contributed by atoms with Crippen LogP contribution in [0.4, 0.5) is 0 Å². The van der Waals surface area contributed by atoms with Gasteiger partial charge in [-0.15, -0.1) is 0 Å². The zero-order valence-corrected chi connectivity index (χ0v) is 17.2. The maximum absolute atomic E-state index is 11.5. The third kappa shape index (κ3) is 5.51. The molecule has 1 unspecified atom stereocenters. The maximum atomic E-state index is 11.5. The highest BCUT2D eigenvalue weighted by molar-refractivity contribution is 7.91. The molecule has 1 aliphatic heterocycles. The van der Waals surface area contributed by atoms with Gasteiger partial charge in [0.15, 0.2) is 21.3 Å². The van der Waals surface area contributed by atoms with Gasteiger partial charge in [-0.3, -0.25) is 0 Å². The molecule has 27 heavy (non-hydrogen) atoms. The van der Waals surface area contributed by atoms with E-state index in [1.54, 1.807) is 19.2 Å². The molecule has 0 bridgehead atoms. The number of ether oxygens (including phenoxy) is 2. The highest BCUT2D eigenvalue weighted by Crippen LogP contribution is 2.30. The van der Waals surface area contributed by atoms with Crippen molar-refractivity contribution in [1.82, 2.24) is 5.32 Å². The van der Waals surface area contributed by atoms with Crippen molar-refractivity contribution < 1.29 is 17.9 Å². The Morgan fingerprint density at radius 3 is 2.63 bits per heavy atom. The van der Waals surface area contributed by atoms with Crippen molar-refractivity contribution in [2.45, 2.75) is 25.6 Å². The topological polar surface area (TPSA) is 64.6 Å². The summed E-state index contributed by atoms with van der Waals surface area (Å²) in [7, 11) is -1.30. The average molecular weight is 430 g/mol. The summed E-state index contributed by atoms with van der Waals surface area (Å²) in [6, 6.07) is 10.9. The molecule has 0 amide bonds. The van der Waals surface area contributed by atoms with E-state index in [2.05, 4.69) is 5.32 Å². The van der Waals surface area contributed by atoms with Gasteiger partial charge >= 0.3 is 0 Å². The molecule has 2 aromatic carbocycles. The minimum atomic E-state index is -2.89. The van der Waals surface area contributed by atoms with Crippen molar-refractivity contribution in [2.75, 3.05) is 18.6 Å². The van der Waals surface area contributed by atoms with Crippen molar-refractivity contribution in [3.63, 3.8) is 0 Å². The lowest BCUT2D eigenvalue weighted by molar-refractivity contribution is 0.284. The number of hydrogen-bond donors (Lipinski definition) is 1. The minimum Gasteiger partial charge on any atom is -0.493 e. The molecule has 0 spiro atoms. The van der Waals surface area contributed by atoms with Crippen LogP contribution in [0.2, 0.25) is 10.0 Å². The molecule has 1 aliphatic rings. The Bertz CT molecular complexity index is 918. The second-order valence-electron chi connectivity index (χ2n) is 6.49. The van der Waals surface area contributed by atoms with Gasteiger partial charge in [0.1, 0.15) is 6.61 Å². The molecule has 0 aliphatic carbocycles. The molecule has 1 atom stereocenters. The molecule has 0 radical (unpaired) electrons. The molecule has 2 aromatic rings. The van der Waals surface area contributed by atoms with Crippen LogP contribution in [-0.4, -0.2) is 33.1 Å². The van der Waals surface area contributed by atoms with Crippen molar-refractivity contribution in [2.24, 2.45) is 0 Å². The third-order valence-electron chi connectivity index (χ3n) is 4.45. The van der Waals surface area contributed by atoms with Crippen LogP contribution in [0.1, 0.15) is 17.5 Å². The van der Waals surface area contributed by atoms with Crippen LogP contribution in [0, 0.1) is 0 Å². The first-order chi connectivity index (χ1) is 12.9. The van der Waals surface area contributed by atoms with E-state index in [4.69, 9.17) is 32.7 Å². The summed E-state index contributed by atoms with van der Waals surface area (Å²) >= 11 is 12.1. The van der Waals surface area contributed by atoms with E-state index in [1.807, 2.05) is 24.3 Å². The lowest BCUT2D eigenvalue weighted by atomic mass is 10.1. The summed E-state index contributed by atoms with van der Waals surface area (Å²) in [5.74, 6) is 1.68. The highest BCUT2D eigenvalue weighted by Gasteiger charge is 2.27. The largest absolute Gasteiger partial charge is 0.493 e. The average Bonchev–Trinajstić information content (AvgIpc) is 2.98. The van der Waals surface area contributed by atoms with E-state index < -0.39 is 9.84 Å². The van der Waals surface area contributed by atoms with Gasteiger partial charge in [0.25, 0.3) is 0 Å². The molecule has 3 rings (SSSR count). The van der Waals surface area contributed by atoms with Crippen LogP contribution in [0.25, 0.3) is 0 Å². The van der Waals surface area contributed by atoms with Crippen molar-refractivity contribution in [3.05, 3.63) is 57.6 Å². The van der Waals surface area contributed by atoms with Crippen LogP contribution >= 0.6 is 23.2 Å². The first-order valence-corrected chi connectivity index (χ1v) is 11.1. The van der Waals surface area contributed by atoms with Gasteiger partial charge in [-0.1, -0.05) is 35.3 Å². The molecule has 8 heteroatoms. The fourth-order valence-corrected chi connectivity index (χ4v) is 5.12. The third-order valence-corrected chi connectivity index (χ3v) is 6.81. The predicted octanol–water partition coefficient (Wildman–Crippen LogP) is 3.86. The Morgan fingerprint density at radius 2 is 1.96 bits per heavy atom. The Balaban J connectivity index is 1.62. The van der Waals surface area contributed by atoms with Crippen molar-refractivity contribution >= 4 is 33.0 Å². The second-order valence-corrected chi connectivity index (χ2v) is 9.56. The molecule has 5 nitrogen and oxygen atoms in total. The molecule has 0 saturated carbocycles. The lowest BCUT2D eigenvalue weighted by Gasteiger charge is -2.15. The molecule has 1 N–H and O–H groups in total. The van der Waals surface area contributed by atoms with Crippen LogP contribution < -0.4 is 14.8 Å². The highest BCUT2D eigenvalue weighted by atomic mass is 35.5. The molecular formula is C19H21Cl2NO4S. The quantitative estimate of drug-likeness (QED) is 0.723. The van der Waals surface area contributed by atoms with Gasteiger partial charge in [0.05, 0.1) is 18.6 Å². The van der Waals surface area contributed by atoms with E-state index in [0.29, 0.717) is 41.1 Å². The number of rotatable bonds is 7. The van der Waals surface area contributed by atoms with Gasteiger partial charge in [0, 0.05) is 28.2 Å².